The number of rotatable bonds is 10. The first-order chi connectivity index (χ1) is 23.6. The molecule has 0 aliphatic heterocycles. The summed E-state index contributed by atoms with van der Waals surface area (Å²) in [4.78, 5) is 48.1. The number of nitrogens with zero attached hydrogens (tertiary/aromatic N) is 2. The maximum Gasteiger partial charge on any atom is 0.416 e. The van der Waals surface area contributed by atoms with Gasteiger partial charge in [-0.3, -0.25) is 14.4 Å². The van der Waals surface area contributed by atoms with Gasteiger partial charge >= 0.3 is 12.1 Å². The summed E-state index contributed by atoms with van der Waals surface area (Å²) in [5.74, 6) is -1.79. The van der Waals surface area contributed by atoms with Crippen LogP contribution in [0.4, 0.5) is 13.2 Å². The van der Waals surface area contributed by atoms with E-state index >= 15 is 0 Å². The Bertz CT molecular complexity index is 1990. The van der Waals surface area contributed by atoms with Gasteiger partial charge in [-0.1, -0.05) is 81.4 Å². The van der Waals surface area contributed by atoms with Crippen LogP contribution >= 0.6 is 11.3 Å². The molecule has 2 atom stereocenters. The molecule has 3 aromatic carbocycles. The SMILES string of the molecule is C[C@@H](NC(=O)[C@H](Cc1ccc(-c2ncc(-c3ccc(-c4cccc(C(F)(F)F)c4)cc3)cn2)cc1)NC(=O)c1ccc(C(C)(C)C)s1)C(=O)O. The second-order valence-corrected chi connectivity index (χ2v) is 13.9. The first-order valence-corrected chi connectivity index (χ1v) is 16.5. The average Bonchev–Trinajstić information content (AvgIpc) is 3.60. The van der Waals surface area contributed by atoms with Crippen molar-refractivity contribution in [2.24, 2.45) is 0 Å². The fraction of sp³-hybridized carbons (Fsp3) is 0.237. The number of carbonyl (C=O) groups is 3. The fourth-order valence-electron chi connectivity index (χ4n) is 5.06. The molecule has 0 bridgehead atoms. The molecule has 50 heavy (non-hydrogen) atoms. The van der Waals surface area contributed by atoms with Gasteiger partial charge in [-0.05, 0) is 58.9 Å². The van der Waals surface area contributed by atoms with Crippen LogP contribution in [0.2, 0.25) is 0 Å². The summed E-state index contributed by atoms with van der Waals surface area (Å²) < 4.78 is 39.4. The second kappa shape index (κ2) is 14.6. The summed E-state index contributed by atoms with van der Waals surface area (Å²) in [6, 6.07) is 20.8. The van der Waals surface area contributed by atoms with Crippen molar-refractivity contribution in [1.29, 1.82) is 0 Å². The molecular formula is C38H35F3N4O4S. The van der Waals surface area contributed by atoms with Crippen LogP contribution in [-0.2, 0) is 27.6 Å². The smallest absolute Gasteiger partial charge is 0.416 e. The lowest BCUT2D eigenvalue weighted by Gasteiger charge is -2.20. The van der Waals surface area contributed by atoms with Crippen molar-refractivity contribution < 1.29 is 32.7 Å². The number of alkyl halides is 3. The van der Waals surface area contributed by atoms with Gasteiger partial charge < -0.3 is 15.7 Å². The third kappa shape index (κ3) is 8.80. The number of aromatic nitrogens is 2. The van der Waals surface area contributed by atoms with Gasteiger partial charge in [0.15, 0.2) is 5.82 Å². The molecule has 0 aliphatic rings. The minimum Gasteiger partial charge on any atom is -0.480 e. The predicted molar refractivity (Wildman–Crippen MR) is 187 cm³/mol. The van der Waals surface area contributed by atoms with Crippen LogP contribution in [0.15, 0.2) is 97.3 Å². The Hall–Kier alpha value is -5.36. The monoisotopic (exact) mass is 700 g/mol. The molecule has 8 nitrogen and oxygen atoms in total. The Morgan fingerprint density at radius 3 is 1.94 bits per heavy atom. The van der Waals surface area contributed by atoms with E-state index in [2.05, 4.69) is 20.6 Å². The Balaban J connectivity index is 1.28. The highest BCUT2D eigenvalue weighted by atomic mass is 32.1. The predicted octanol–water partition coefficient (Wildman–Crippen LogP) is 7.79. The lowest BCUT2D eigenvalue weighted by atomic mass is 9.95. The zero-order valence-corrected chi connectivity index (χ0v) is 28.5. The van der Waals surface area contributed by atoms with Crippen molar-refractivity contribution in [2.75, 3.05) is 0 Å². The van der Waals surface area contributed by atoms with Gasteiger partial charge in [0.1, 0.15) is 12.1 Å². The number of halogens is 3. The minimum absolute atomic E-state index is 0.109. The summed E-state index contributed by atoms with van der Waals surface area (Å²) in [5.41, 5.74) is 3.20. The largest absolute Gasteiger partial charge is 0.480 e. The van der Waals surface area contributed by atoms with Gasteiger partial charge in [0.05, 0.1) is 10.4 Å². The molecule has 2 amide bonds. The molecule has 0 spiro atoms. The van der Waals surface area contributed by atoms with Crippen molar-refractivity contribution in [3.05, 3.63) is 118 Å². The van der Waals surface area contributed by atoms with Crippen LogP contribution in [0.25, 0.3) is 33.6 Å². The standard InChI is InChI=1S/C38H35F3N4O4S/c1-22(36(48)49)44-34(46)30(45-35(47)31-16-17-32(50-31)37(2,3)4)18-23-8-10-26(11-9-23)33-42-20-28(21-43-33)25-14-12-24(13-15-25)27-6-5-7-29(19-27)38(39,40)41/h5-17,19-22,30H,18H2,1-4H3,(H,44,46)(H,45,47)(H,48,49)/t22-,30+/m1/s1. The number of carbonyl (C=O) groups excluding carboxylic acids is 2. The van der Waals surface area contributed by atoms with E-state index in [-0.39, 0.29) is 11.8 Å². The quantitative estimate of drug-likeness (QED) is 0.137. The van der Waals surface area contributed by atoms with Gasteiger partial charge in [0.25, 0.3) is 5.91 Å². The lowest BCUT2D eigenvalue weighted by molar-refractivity contribution is -0.141. The molecule has 0 aliphatic carbocycles. The van der Waals surface area contributed by atoms with E-state index in [4.69, 9.17) is 0 Å². The number of aliphatic carboxylic acids is 1. The molecule has 0 radical (unpaired) electrons. The highest BCUT2D eigenvalue weighted by Gasteiger charge is 2.30. The number of amides is 2. The van der Waals surface area contributed by atoms with Gasteiger partial charge in [-0.25, -0.2) is 9.97 Å². The van der Waals surface area contributed by atoms with E-state index in [9.17, 15) is 32.7 Å². The summed E-state index contributed by atoms with van der Waals surface area (Å²) in [5, 5.41) is 14.5. The van der Waals surface area contributed by atoms with Crippen molar-refractivity contribution in [2.45, 2.75) is 57.8 Å². The highest BCUT2D eigenvalue weighted by molar-refractivity contribution is 7.14. The molecule has 12 heteroatoms. The van der Waals surface area contributed by atoms with Crippen LogP contribution in [0.1, 0.15) is 53.4 Å². The molecule has 0 saturated carbocycles. The van der Waals surface area contributed by atoms with Crippen molar-refractivity contribution >= 4 is 29.1 Å². The molecule has 2 aromatic heterocycles. The summed E-state index contributed by atoms with van der Waals surface area (Å²) >= 11 is 1.34. The molecule has 5 rings (SSSR count). The normalized spacial score (nSPS) is 12.9. The van der Waals surface area contributed by atoms with Crippen molar-refractivity contribution in [1.82, 2.24) is 20.6 Å². The third-order valence-electron chi connectivity index (χ3n) is 7.97. The maximum absolute atomic E-state index is 13.2. The molecule has 5 aromatic rings. The van der Waals surface area contributed by atoms with Crippen molar-refractivity contribution in [3.63, 3.8) is 0 Å². The Morgan fingerprint density at radius 1 is 0.780 bits per heavy atom. The second-order valence-electron chi connectivity index (χ2n) is 12.9. The molecule has 2 heterocycles. The van der Waals surface area contributed by atoms with Gasteiger partial charge in [-0.15, -0.1) is 11.3 Å². The zero-order valence-electron chi connectivity index (χ0n) is 27.7. The van der Waals surface area contributed by atoms with Gasteiger partial charge in [0, 0.05) is 34.8 Å². The first kappa shape index (κ1) is 35.9. The highest BCUT2D eigenvalue weighted by Crippen LogP contribution is 2.33. The average molecular weight is 701 g/mol. The van der Waals surface area contributed by atoms with Crippen LogP contribution < -0.4 is 10.6 Å². The fourth-order valence-corrected chi connectivity index (χ4v) is 6.03. The molecule has 258 valence electrons. The van der Waals surface area contributed by atoms with Gasteiger partial charge in [0.2, 0.25) is 5.91 Å². The number of benzene rings is 3. The topological polar surface area (TPSA) is 121 Å². The number of carboxylic acid groups (broad SMARTS) is 1. The van der Waals surface area contributed by atoms with Crippen molar-refractivity contribution in [3.8, 4) is 33.6 Å². The Labute approximate surface area is 291 Å². The minimum atomic E-state index is -4.42. The van der Waals surface area contributed by atoms with Gasteiger partial charge in [-0.2, -0.15) is 13.2 Å². The molecule has 0 saturated heterocycles. The number of carboxylic acids is 1. The summed E-state index contributed by atoms with van der Waals surface area (Å²) in [6.45, 7) is 7.48. The number of thiophene rings is 1. The Kier molecular flexibility index (Phi) is 10.5. The van der Waals surface area contributed by atoms with E-state index in [1.165, 1.54) is 24.3 Å². The third-order valence-corrected chi connectivity index (χ3v) is 9.48. The molecule has 3 N–H and O–H groups in total. The van der Waals surface area contributed by atoms with E-state index in [0.717, 1.165) is 33.7 Å². The number of hydrogen-bond donors (Lipinski definition) is 3. The lowest BCUT2D eigenvalue weighted by Crippen LogP contribution is -2.51. The number of hydrogen-bond acceptors (Lipinski definition) is 6. The molecular weight excluding hydrogens is 666 g/mol. The Morgan fingerprint density at radius 2 is 1.38 bits per heavy atom. The molecule has 0 unspecified atom stereocenters. The van der Waals surface area contributed by atoms with E-state index in [0.29, 0.717) is 27.4 Å². The van der Waals surface area contributed by atoms with E-state index in [1.807, 2.05) is 26.8 Å². The van der Waals surface area contributed by atoms with E-state index < -0.39 is 41.6 Å². The van der Waals surface area contributed by atoms with Crippen LogP contribution in [0.3, 0.4) is 0 Å². The van der Waals surface area contributed by atoms with Crippen LogP contribution in [-0.4, -0.2) is 44.9 Å². The van der Waals surface area contributed by atoms with Crippen LogP contribution in [0, 0.1) is 0 Å². The first-order valence-electron chi connectivity index (χ1n) is 15.7. The number of nitrogens with one attached hydrogen (secondary N) is 2. The van der Waals surface area contributed by atoms with Crippen LogP contribution in [0.5, 0.6) is 0 Å². The summed E-state index contributed by atoms with van der Waals surface area (Å²) in [6.07, 6.45) is -0.997. The van der Waals surface area contributed by atoms with E-state index in [1.54, 1.807) is 73.1 Å². The molecule has 0 fully saturated rings. The zero-order chi connectivity index (χ0) is 36.2. The summed E-state index contributed by atoms with van der Waals surface area (Å²) in [7, 11) is 0. The maximum atomic E-state index is 13.2.